The topological polar surface area (TPSA) is 136 Å². The minimum absolute atomic E-state index is 0. The van der Waals surface area contributed by atoms with Gasteiger partial charge in [-0.3, -0.25) is 10.1 Å². The normalized spacial score (nSPS) is 13.5. The molecule has 2 rings (SSSR count). The van der Waals surface area contributed by atoms with Crippen LogP contribution in [0.25, 0.3) is 0 Å². The summed E-state index contributed by atoms with van der Waals surface area (Å²) in [5.74, 6) is 0.107. The summed E-state index contributed by atoms with van der Waals surface area (Å²) in [7, 11) is -3.97. The van der Waals surface area contributed by atoms with Crippen LogP contribution in [0.2, 0.25) is 0 Å². The van der Waals surface area contributed by atoms with Crippen molar-refractivity contribution in [2.75, 3.05) is 6.54 Å². The van der Waals surface area contributed by atoms with Gasteiger partial charge in [-0.1, -0.05) is 44.2 Å². The molecule has 0 radical (unpaired) electrons. The first kappa shape index (κ1) is 26.0. The molecular formula is C20H28ClN3O5S. The highest BCUT2D eigenvalue weighted by Crippen LogP contribution is 2.24. The standard InChI is InChI=1S/C20H27N3O5S.ClH/c1-14(2)10-16-12-17(23(25)26)8-9-20(16)29(27,28)22-13-19(24)18(21)11-15-6-4-3-5-7-15;/h3-9,12,14,18-19,22,24H,10-11,13,21H2,1-2H3;1H. The maximum absolute atomic E-state index is 12.8. The summed E-state index contributed by atoms with van der Waals surface area (Å²) in [5.41, 5.74) is 7.15. The highest BCUT2D eigenvalue weighted by molar-refractivity contribution is 7.89. The largest absolute Gasteiger partial charge is 0.390 e. The van der Waals surface area contributed by atoms with Crippen molar-refractivity contribution in [1.82, 2.24) is 4.72 Å². The Hall–Kier alpha value is -2.04. The number of benzene rings is 2. The van der Waals surface area contributed by atoms with Crippen LogP contribution in [0.4, 0.5) is 5.69 Å². The number of nitro benzene ring substituents is 1. The predicted octanol–water partition coefficient (Wildman–Crippen LogP) is 2.42. The van der Waals surface area contributed by atoms with Crippen LogP contribution in [0.3, 0.4) is 0 Å². The maximum Gasteiger partial charge on any atom is 0.269 e. The number of hydrogen-bond acceptors (Lipinski definition) is 6. The first-order chi connectivity index (χ1) is 13.6. The molecule has 0 saturated carbocycles. The van der Waals surface area contributed by atoms with Crippen LogP contribution in [0.5, 0.6) is 0 Å². The van der Waals surface area contributed by atoms with E-state index in [0.717, 1.165) is 11.6 Å². The zero-order chi connectivity index (χ0) is 21.6. The molecule has 0 saturated heterocycles. The van der Waals surface area contributed by atoms with Crippen LogP contribution >= 0.6 is 12.4 Å². The minimum atomic E-state index is -3.97. The Morgan fingerprint density at radius 1 is 1.13 bits per heavy atom. The molecule has 0 aliphatic heterocycles. The van der Waals surface area contributed by atoms with E-state index in [9.17, 15) is 23.6 Å². The van der Waals surface area contributed by atoms with E-state index in [1.54, 1.807) is 0 Å². The lowest BCUT2D eigenvalue weighted by molar-refractivity contribution is -0.385. The highest BCUT2D eigenvalue weighted by atomic mass is 35.5. The molecule has 0 fully saturated rings. The van der Waals surface area contributed by atoms with Crippen molar-refractivity contribution < 1.29 is 18.4 Å². The van der Waals surface area contributed by atoms with E-state index in [1.165, 1.54) is 12.1 Å². The van der Waals surface area contributed by atoms with E-state index in [0.29, 0.717) is 18.4 Å². The molecule has 2 aromatic rings. The van der Waals surface area contributed by atoms with Gasteiger partial charge in [0, 0.05) is 24.7 Å². The lowest BCUT2D eigenvalue weighted by atomic mass is 10.0. The van der Waals surface area contributed by atoms with Crippen molar-refractivity contribution in [3.63, 3.8) is 0 Å². The smallest absolute Gasteiger partial charge is 0.269 e. The van der Waals surface area contributed by atoms with Crippen molar-refractivity contribution in [2.24, 2.45) is 11.7 Å². The average Bonchev–Trinajstić information content (AvgIpc) is 2.66. The fraction of sp³-hybridized carbons (Fsp3) is 0.400. The number of rotatable bonds is 10. The molecule has 166 valence electrons. The molecule has 0 aliphatic carbocycles. The number of non-ortho nitro benzene ring substituents is 1. The van der Waals surface area contributed by atoms with Gasteiger partial charge in [0.15, 0.2) is 0 Å². The third-order valence-corrected chi connectivity index (χ3v) is 5.99. The number of nitro groups is 1. The Kier molecular flexibility index (Phi) is 9.86. The number of hydrogen-bond donors (Lipinski definition) is 3. The zero-order valence-corrected chi connectivity index (χ0v) is 18.5. The number of aliphatic hydroxyl groups excluding tert-OH is 1. The summed E-state index contributed by atoms with van der Waals surface area (Å²) in [4.78, 5) is 10.5. The summed E-state index contributed by atoms with van der Waals surface area (Å²) < 4.78 is 27.9. The van der Waals surface area contributed by atoms with E-state index < -0.39 is 27.1 Å². The Labute approximate surface area is 183 Å². The van der Waals surface area contributed by atoms with Gasteiger partial charge in [-0.15, -0.1) is 12.4 Å². The van der Waals surface area contributed by atoms with Crippen molar-refractivity contribution in [3.05, 3.63) is 69.8 Å². The molecule has 0 aliphatic rings. The van der Waals surface area contributed by atoms with Crippen molar-refractivity contribution in [3.8, 4) is 0 Å². The fourth-order valence-corrected chi connectivity index (χ4v) is 4.27. The van der Waals surface area contributed by atoms with Gasteiger partial charge in [0.2, 0.25) is 10.0 Å². The average molecular weight is 458 g/mol. The maximum atomic E-state index is 12.8. The molecule has 0 spiro atoms. The molecule has 4 N–H and O–H groups in total. The SMILES string of the molecule is CC(C)Cc1cc([N+](=O)[O-])ccc1S(=O)(=O)NCC(O)C(N)Cc1ccccc1.Cl. The quantitative estimate of drug-likeness (QED) is 0.370. The zero-order valence-electron chi connectivity index (χ0n) is 16.9. The van der Waals surface area contributed by atoms with Gasteiger partial charge in [-0.05, 0) is 36.0 Å². The van der Waals surface area contributed by atoms with Crippen LogP contribution in [0.15, 0.2) is 53.4 Å². The number of nitrogens with zero attached hydrogens (tertiary/aromatic N) is 1. The van der Waals surface area contributed by atoms with E-state index in [1.807, 2.05) is 44.2 Å². The van der Waals surface area contributed by atoms with E-state index in [4.69, 9.17) is 5.73 Å². The number of halogens is 1. The van der Waals surface area contributed by atoms with Crippen LogP contribution in [0.1, 0.15) is 25.0 Å². The van der Waals surface area contributed by atoms with Crippen LogP contribution in [0, 0.1) is 16.0 Å². The van der Waals surface area contributed by atoms with Crippen molar-refractivity contribution >= 4 is 28.1 Å². The molecular weight excluding hydrogens is 430 g/mol. The number of aliphatic hydroxyl groups is 1. The first-order valence-corrected chi connectivity index (χ1v) is 10.8. The van der Waals surface area contributed by atoms with Gasteiger partial charge in [-0.2, -0.15) is 0 Å². The van der Waals surface area contributed by atoms with Crippen LogP contribution in [-0.2, 0) is 22.9 Å². The Bertz CT molecular complexity index is 939. The van der Waals surface area contributed by atoms with Crippen LogP contribution < -0.4 is 10.5 Å². The fourth-order valence-electron chi connectivity index (χ4n) is 2.99. The van der Waals surface area contributed by atoms with Gasteiger partial charge in [-0.25, -0.2) is 13.1 Å². The first-order valence-electron chi connectivity index (χ1n) is 9.34. The minimum Gasteiger partial charge on any atom is -0.390 e. The molecule has 10 heteroatoms. The Morgan fingerprint density at radius 2 is 1.77 bits per heavy atom. The Balaban J connectivity index is 0.00000450. The molecule has 2 unspecified atom stereocenters. The molecule has 8 nitrogen and oxygen atoms in total. The second-order valence-corrected chi connectivity index (χ2v) is 9.16. The molecule has 0 aromatic heterocycles. The lowest BCUT2D eigenvalue weighted by Gasteiger charge is -2.20. The number of sulfonamides is 1. The van der Waals surface area contributed by atoms with Gasteiger partial charge < -0.3 is 10.8 Å². The van der Waals surface area contributed by atoms with E-state index >= 15 is 0 Å². The lowest BCUT2D eigenvalue weighted by Crippen LogP contribution is -2.44. The number of nitrogens with one attached hydrogen (secondary N) is 1. The third-order valence-electron chi connectivity index (χ3n) is 4.46. The van der Waals surface area contributed by atoms with Gasteiger partial charge in [0.05, 0.1) is 15.9 Å². The monoisotopic (exact) mass is 457 g/mol. The van der Waals surface area contributed by atoms with Crippen molar-refractivity contribution in [1.29, 1.82) is 0 Å². The molecule has 2 atom stereocenters. The molecule has 30 heavy (non-hydrogen) atoms. The third kappa shape index (κ3) is 7.33. The van der Waals surface area contributed by atoms with Crippen LogP contribution in [-0.4, -0.2) is 37.1 Å². The predicted molar refractivity (Wildman–Crippen MR) is 118 cm³/mol. The summed E-state index contributed by atoms with van der Waals surface area (Å²) in [6.45, 7) is 3.54. The highest BCUT2D eigenvalue weighted by Gasteiger charge is 2.24. The van der Waals surface area contributed by atoms with Gasteiger partial charge >= 0.3 is 0 Å². The summed E-state index contributed by atoms with van der Waals surface area (Å²) >= 11 is 0. The summed E-state index contributed by atoms with van der Waals surface area (Å²) in [5, 5.41) is 21.3. The second kappa shape index (κ2) is 11.4. The number of nitrogens with two attached hydrogens (primary N) is 1. The molecule has 0 bridgehead atoms. The second-order valence-electron chi connectivity index (χ2n) is 7.42. The van der Waals surface area contributed by atoms with Gasteiger partial charge in [0.1, 0.15) is 0 Å². The molecule has 0 amide bonds. The summed E-state index contributed by atoms with van der Waals surface area (Å²) in [6, 6.07) is 12.4. The molecule has 2 aromatic carbocycles. The van der Waals surface area contributed by atoms with E-state index in [-0.39, 0.29) is 35.5 Å². The summed E-state index contributed by atoms with van der Waals surface area (Å²) in [6.07, 6.45) is -0.315. The Morgan fingerprint density at radius 3 is 2.33 bits per heavy atom. The van der Waals surface area contributed by atoms with Gasteiger partial charge in [0.25, 0.3) is 5.69 Å². The van der Waals surface area contributed by atoms with Crippen molar-refractivity contribution in [2.45, 2.75) is 43.7 Å². The van der Waals surface area contributed by atoms with E-state index in [2.05, 4.69) is 4.72 Å². The molecule has 0 heterocycles.